The first kappa shape index (κ1) is 23.4. The van der Waals surface area contributed by atoms with Crippen molar-refractivity contribution in [2.75, 3.05) is 14.1 Å². The SMILES string of the molecule is CN(C)C(=O)[C@H]1CC[C@H](NC(=O)c2cc3cc(F)ccc3[nH]2)[C@@H](NC(=O)c2nc3c(s2)CNC3)C1. The number of amides is 3. The largest absolute Gasteiger partial charge is 0.351 e. The lowest BCUT2D eigenvalue weighted by Gasteiger charge is -2.37. The zero-order valence-electron chi connectivity index (χ0n) is 19.5. The minimum Gasteiger partial charge on any atom is -0.351 e. The molecule has 2 aromatic heterocycles. The maximum absolute atomic E-state index is 13.6. The molecule has 5 rings (SSSR count). The van der Waals surface area contributed by atoms with E-state index >= 15 is 0 Å². The van der Waals surface area contributed by atoms with Gasteiger partial charge in [0.1, 0.15) is 11.5 Å². The highest BCUT2D eigenvalue weighted by atomic mass is 32.1. The van der Waals surface area contributed by atoms with Crippen molar-refractivity contribution in [1.82, 2.24) is 30.8 Å². The van der Waals surface area contributed by atoms with Crippen LogP contribution in [-0.4, -0.2) is 58.8 Å². The van der Waals surface area contributed by atoms with Gasteiger partial charge < -0.3 is 25.8 Å². The van der Waals surface area contributed by atoms with Gasteiger partial charge in [-0.2, -0.15) is 0 Å². The molecule has 3 heterocycles. The van der Waals surface area contributed by atoms with Crippen LogP contribution in [0.1, 0.15) is 50.1 Å². The molecule has 9 nitrogen and oxygen atoms in total. The first-order chi connectivity index (χ1) is 16.8. The third-order valence-corrected chi connectivity index (χ3v) is 7.75. The molecular formula is C24H27FN6O3S. The molecule has 3 amide bonds. The topological polar surface area (TPSA) is 119 Å². The summed E-state index contributed by atoms with van der Waals surface area (Å²) < 4.78 is 13.6. The molecule has 0 spiro atoms. The van der Waals surface area contributed by atoms with Gasteiger partial charge in [0.25, 0.3) is 11.8 Å². The van der Waals surface area contributed by atoms with Gasteiger partial charge in [0.15, 0.2) is 5.01 Å². The minimum absolute atomic E-state index is 0.00553. The van der Waals surface area contributed by atoms with Gasteiger partial charge in [0.05, 0.1) is 11.7 Å². The number of benzene rings is 1. The first-order valence-corrected chi connectivity index (χ1v) is 12.4. The summed E-state index contributed by atoms with van der Waals surface area (Å²) in [5.74, 6) is -1.26. The second-order valence-corrected chi connectivity index (χ2v) is 10.4. The number of thiazole rings is 1. The molecule has 0 radical (unpaired) electrons. The second-order valence-electron chi connectivity index (χ2n) is 9.31. The number of halogens is 1. The van der Waals surface area contributed by atoms with Gasteiger partial charge in [-0.1, -0.05) is 0 Å². The quantitative estimate of drug-likeness (QED) is 0.430. The van der Waals surface area contributed by atoms with Crippen molar-refractivity contribution in [2.24, 2.45) is 5.92 Å². The van der Waals surface area contributed by atoms with Crippen LogP contribution in [0.25, 0.3) is 10.9 Å². The van der Waals surface area contributed by atoms with Crippen LogP contribution in [0, 0.1) is 11.7 Å². The lowest BCUT2D eigenvalue weighted by Crippen LogP contribution is -2.56. The van der Waals surface area contributed by atoms with Crippen LogP contribution in [0.2, 0.25) is 0 Å². The van der Waals surface area contributed by atoms with Crippen molar-refractivity contribution in [3.05, 3.63) is 51.4 Å². The van der Waals surface area contributed by atoms with E-state index < -0.39 is 6.04 Å². The van der Waals surface area contributed by atoms with E-state index in [9.17, 15) is 18.8 Å². The molecule has 1 aliphatic heterocycles. The van der Waals surface area contributed by atoms with Crippen LogP contribution in [0.3, 0.4) is 0 Å². The third kappa shape index (κ3) is 4.78. The van der Waals surface area contributed by atoms with Crippen LogP contribution in [0.15, 0.2) is 24.3 Å². The van der Waals surface area contributed by atoms with Crippen LogP contribution >= 0.6 is 11.3 Å². The molecule has 3 aromatic rings. The number of rotatable bonds is 5. The number of nitrogens with one attached hydrogen (secondary N) is 4. The number of H-pyrrole nitrogens is 1. The molecule has 11 heteroatoms. The molecule has 1 fully saturated rings. The smallest absolute Gasteiger partial charge is 0.280 e. The molecule has 1 aliphatic carbocycles. The Labute approximate surface area is 205 Å². The summed E-state index contributed by atoms with van der Waals surface area (Å²) in [4.78, 5) is 48.8. The Morgan fingerprint density at radius 1 is 1.09 bits per heavy atom. The fourth-order valence-electron chi connectivity index (χ4n) is 4.85. The molecule has 0 bridgehead atoms. The van der Waals surface area contributed by atoms with E-state index in [2.05, 4.69) is 25.9 Å². The Hall–Kier alpha value is -3.31. The van der Waals surface area contributed by atoms with Gasteiger partial charge in [0.2, 0.25) is 5.91 Å². The summed E-state index contributed by atoms with van der Waals surface area (Å²) in [6.07, 6.45) is 1.55. The summed E-state index contributed by atoms with van der Waals surface area (Å²) in [7, 11) is 3.43. The average Bonchev–Trinajstić information content (AvgIpc) is 3.54. The van der Waals surface area contributed by atoms with E-state index in [1.54, 1.807) is 31.1 Å². The molecule has 184 valence electrons. The predicted molar refractivity (Wildman–Crippen MR) is 129 cm³/mol. The number of hydrogen-bond donors (Lipinski definition) is 4. The molecule has 35 heavy (non-hydrogen) atoms. The average molecular weight is 499 g/mol. The number of fused-ring (bicyclic) bond motifs is 2. The van der Waals surface area contributed by atoms with Gasteiger partial charge in [-0.15, -0.1) is 11.3 Å². The zero-order chi connectivity index (χ0) is 24.7. The molecule has 1 aromatic carbocycles. The highest BCUT2D eigenvalue weighted by Gasteiger charge is 2.37. The van der Waals surface area contributed by atoms with E-state index in [1.807, 2.05) is 0 Å². The maximum Gasteiger partial charge on any atom is 0.280 e. The Kier molecular flexibility index (Phi) is 6.28. The number of aromatic amines is 1. The summed E-state index contributed by atoms with van der Waals surface area (Å²) >= 11 is 1.36. The van der Waals surface area contributed by atoms with Gasteiger partial charge in [-0.25, -0.2) is 9.37 Å². The molecule has 4 N–H and O–H groups in total. The van der Waals surface area contributed by atoms with Crippen molar-refractivity contribution in [1.29, 1.82) is 0 Å². The van der Waals surface area contributed by atoms with E-state index in [4.69, 9.17) is 0 Å². The van der Waals surface area contributed by atoms with Crippen LogP contribution in [0.5, 0.6) is 0 Å². The lowest BCUT2D eigenvalue weighted by molar-refractivity contribution is -0.134. The third-order valence-electron chi connectivity index (χ3n) is 6.65. The predicted octanol–water partition coefficient (Wildman–Crippen LogP) is 2.15. The highest BCUT2D eigenvalue weighted by Crippen LogP contribution is 2.28. The number of carbonyl (C=O) groups is 3. The Morgan fingerprint density at radius 3 is 2.66 bits per heavy atom. The lowest BCUT2D eigenvalue weighted by atomic mass is 9.81. The second kappa shape index (κ2) is 9.38. The number of aromatic nitrogens is 2. The van der Waals surface area contributed by atoms with Crippen LogP contribution in [-0.2, 0) is 17.9 Å². The van der Waals surface area contributed by atoms with Gasteiger partial charge >= 0.3 is 0 Å². The number of hydrogen-bond acceptors (Lipinski definition) is 6. The fourth-order valence-corrected chi connectivity index (χ4v) is 5.80. The summed E-state index contributed by atoms with van der Waals surface area (Å²) in [6, 6.07) is 5.09. The van der Waals surface area contributed by atoms with E-state index in [1.165, 1.54) is 23.5 Å². The molecule has 2 aliphatic rings. The number of carbonyl (C=O) groups excluding carboxylic acids is 3. The van der Waals surface area contributed by atoms with Gasteiger partial charge in [0, 0.05) is 54.9 Å². The van der Waals surface area contributed by atoms with Crippen molar-refractivity contribution < 1.29 is 18.8 Å². The normalized spacial score (nSPS) is 21.5. The van der Waals surface area contributed by atoms with E-state index in [0.29, 0.717) is 54.0 Å². The monoisotopic (exact) mass is 498 g/mol. The Morgan fingerprint density at radius 2 is 1.89 bits per heavy atom. The highest BCUT2D eigenvalue weighted by molar-refractivity contribution is 7.13. The van der Waals surface area contributed by atoms with Crippen LogP contribution in [0.4, 0.5) is 4.39 Å². The zero-order valence-corrected chi connectivity index (χ0v) is 20.3. The van der Waals surface area contributed by atoms with E-state index in [-0.39, 0.29) is 35.5 Å². The minimum atomic E-state index is -0.437. The van der Waals surface area contributed by atoms with Crippen LogP contribution < -0.4 is 16.0 Å². The van der Waals surface area contributed by atoms with Gasteiger partial charge in [-0.3, -0.25) is 14.4 Å². The van der Waals surface area contributed by atoms with Crippen molar-refractivity contribution in [3.63, 3.8) is 0 Å². The van der Waals surface area contributed by atoms with Crippen molar-refractivity contribution in [2.45, 2.75) is 44.4 Å². The number of nitrogens with zero attached hydrogens (tertiary/aromatic N) is 2. The first-order valence-electron chi connectivity index (χ1n) is 11.6. The Bertz CT molecular complexity index is 1280. The molecule has 0 saturated heterocycles. The summed E-state index contributed by atoms with van der Waals surface area (Å²) in [5, 5.41) is 10.2. The maximum atomic E-state index is 13.6. The molecular weight excluding hydrogens is 471 g/mol. The Balaban J connectivity index is 1.33. The summed E-state index contributed by atoms with van der Waals surface area (Å²) in [6.45, 7) is 1.35. The summed E-state index contributed by atoms with van der Waals surface area (Å²) in [5.41, 5.74) is 1.86. The molecule has 0 unspecified atom stereocenters. The van der Waals surface area contributed by atoms with E-state index in [0.717, 1.165) is 10.6 Å². The van der Waals surface area contributed by atoms with Crippen molar-refractivity contribution >= 4 is 40.0 Å². The molecule has 1 saturated carbocycles. The van der Waals surface area contributed by atoms with Gasteiger partial charge in [-0.05, 0) is 43.5 Å². The standard InChI is InChI=1S/C24H27FN6O3S/c1-31(2)24(34)12-3-5-16(28-21(32)18-9-13-7-14(25)4-6-15(13)27-18)17(8-12)29-22(33)23-30-19-10-26-11-20(19)35-23/h4,6-7,9,12,16-17,26-27H,3,5,8,10-11H2,1-2H3,(H,28,32)(H,29,33)/t12-,16-,17-/m0/s1. The van der Waals surface area contributed by atoms with Crippen molar-refractivity contribution in [3.8, 4) is 0 Å². The fraction of sp³-hybridized carbons (Fsp3) is 0.417. The molecule has 3 atom stereocenters.